The van der Waals surface area contributed by atoms with Crippen LogP contribution in [0.25, 0.3) is 0 Å². The van der Waals surface area contributed by atoms with E-state index >= 15 is 0 Å². The number of ether oxygens (including phenoxy) is 1. The van der Waals surface area contributed by atoms with E-state index < -0.39 is 0 Å². The number of methoxy groups -OCH3 is 1. The molecule has 0 aliphatic carbocycles. The van der Waals surface area contributed by atoms with Crippen molar-refractivity contribution in [3.05, 3.63) is 47.2 Å². The molecule has 0 bridgehead atoms. The Morgan fingerprint density at radius 3 is 2.71 bits per heavy atom. The molecule has 2 heterocycles. The number of halogens is 1. The summed E-state index contributed by atoms with van der Waals surface area (Å²) in [5.41, 5.74) is 2.15. The zero-order valence-electron chi connectivity index (χ0n) is 13.6. The molecule has 1 N–H and O–H groups in total. The molecule has 0 unspecified atom stereocenters. The average molecular weight is 346 g/mol. The number of amides is 1. The second kappa shape index (κ2) is 7.53. The Labute approximate surface area is 146 Å². The number of hydrogen-bond acceptors (Lipinski definition) is 4. The maximum absolute atomic E-state index is 12.5. The molecule has 0 atom stereocenters. The number of carbonyl (C=O) groups excluding carboxylic acids is 1. The van der Waals surface area contributed by atoms with Gasteiger partial charge in [-0.2, -0.15) is 0 Å². The molecule has 5 nitrogen and oxygen atoms in total. The molecular weight excluding hydrogens is 326 g/mol. The summed E-state index contributed by atoms with van der Waals surface area (Å²) in [5, 5.41) is 3.30. The zero-order chi connectivity index (χ0) is 16.9. The molecule has 2 aromatic rings. The largest absolute Gasteiger partial charge is 0.495 e. The van der Waals surface area contributed by atoms with Crippen molar-refractivity contribution in [1.82, 2.24) is 4.98 Å². The number of aromatic nitrogens is 1. The highest BCUT2D eigenvalue weighted by atomic mass is 35.5. The van der Waals surface area contributed by atoms with Crippen molar-refractivity contribution in [2.45, 2.75) is 19.3 Å². The maximum Gasteiger partial charge on any atom is 0.257 e. The molecular formula is C18H20ClN3O2. The van der Waals surface area contributed by atoms with Crippen molar-refractivity contribution in [2.75, 3.05) is 30.4 Å². The number of nitrogens with one attached hydrogen (secondary N) is 1. The van der Waals surface area contributed by atoms with Crippen LogP contribution in [0.15, 0.2) is 36.7 Å². The van der Waals surface area contributed by atoms with Gasteiger partial charge in [0.15, 0.2) is 0 Å². The van der Waals surface area contributed by atoms with Gasteiger partial charge >= 0.3 is 0 Å². The van der Waals surface area contributed by atoms with Gasteiger partial charge in [-0.1, -0.05) is 11.6 Å². The second-order valence-corrected chi connectivity index (χ2v) is 6.19. The molecule has 1 fully saturated rings. The van der Waals surface area contributed by atoms with Crippen molar-refractivity contribution in [3.8, 4) is 5.75 Å². The van der Waals surface area contributed by atoms with Crippen LogP contribution in [0.1, 0.15) is 29.6 Å². The molecule has 0 saturated carbocycles. The minimum atomic E-state index is -0.206. The highest BCUT2D eigenvalue weighted by Crippen LogP contribution is 2.27. The van der Waals surface area contributed by atoms with Crippen molar-refractivity contribution in [3.63, 3.8) is 0 Å². The van der Waals surface area contributed by atoms with Crippen LogP contribution in [-0.2, 0) is 0 Å². The molecule has 24 heavy (non-hydrogen) atoms. The van der Waals surface area contributed by atoms with Crippen molar-refractivity contribution in [2.24, 2.45) is 0 Å². The first-order valence-corrected chi connectivity index (χ1v) is 8.40. The lowest BCUT2D eigenvalue weighted by Gasteiger charge is -2.28. The van der Waals surface area contributed by atoms with E-state index in [0.29, 0.717) is 22.0 Å². The SMILES string of the molecule is COc1ccc(NC(=O)c2cncc(N3CCCCC3)c2)cc1Cl. The van der Waals surface area contributed by atoms with Crippen LogP contribution in [-0.4, -0.2) is 31.1 Å². The summed E-state index contributed by atoms with van der Waals surface area (Å²) < 4.78 is 5.11. The lowest BCUT2D eigenvalue weighted by Crippen LogP contribution is -2.29. The van der Waals surface area contributed by atoms with Crippen LogP contribution in [0.5, 0.6) is 5.75 Å². The maximum atomic E-state index is 12.5. The van der Waals surface area contributed by atoms with Gasteiger partial charge in [0.1, 0.15) is 5.75 Å². The molecule has 3 rings (SSSR count). The van der Waals surface area contributed by atoms with E-state index in [0.717, 1.165) is 18.8 Å². The third-order valence-electron chi connectivity index (χ3n) is 4.12. The Balaban J connectivity index is 1.74. The van der Waals surface area contributed by atoms with Gasteiger partial charge in [0, 0.05) is 25.0 Å². The second-order valence-electron chi connectivity index (χ2n) is 5.78. The van der Waals surface area contributed by atoms with E-state index in [1.165, 1.54) is 19.3 Å². The van der Waals surface area contributed by atoms with E-state index in [1.807, 2.05) is 12.3 Å². The first-order valence-electron chi connectivity index (χ1n) is 8.02. The quantitative estimate of drug-likeness (QED) is 0.910. The predicted molar refractivity (Wildman–Crippen MR) is 96.3 cm³/mol. The Bertz CT molecular complexity index is 730. The van der Waals surface area contributed by atoms with Crippen LogP contribution in [0.3, 0.4) is 0 Å². The average Bonchev–Trinajstić information content (AvgIpc) is 2.63. The summed E-state index contributed by atoms with van der Waals surface area (Å²) in [4.78, 5) is 19.0. The third kappa shape index (κ3) is 3.79. The van der Waals surface area contributed by atoms with E-state index in [2.05, 4.69) is 15.2 Å². The molecule has 126 valence electrons. The molecule has 0 spiro atoms. The molecule has 1 aromatic carbocycles. The van der Waals surface area contributed by atoms with Gasteiger partial charge in [-0.3, -0.25) is 9.78 Å². The minimum Gasteiger partial charge on any atom is -0.495 e. The summed E-state index contributed by atoms with van der Waals surface area (Å²) in [6, 6.07) is 7.03. The van der Waals surface area contributed by atoms with Gasteiger partial charge < -0.3 is 15.0 Å². The van der Waals surface area contributed by atoms with E-state index in [9.17, 15) is 4.79 Å². The lowest BCUT2D eigenvalue weighted by molar-refractivity contribution is 0.102. The fourth-order valence-electron chi connectivity index (χ4n) is 2.82. The molecule has 1 aliphatic heterocycles. The summed E-state index contributed by atoms with van der Waals surface area (Å²) in [6.45, 7) is 2.03. The number of carbonyl (C=O) groups is 1. The first kappa shape index (κ1) is 16.6. The number of anilines is 2. The molecule has 1 aromatic heterocycles. The molecule has 1 amide bonds. The summed E-state index contributed by atoms with van der Waals surface area (Å²) >= 11 is 6.09. The van der Waals surface area contributed by atoms with Gasteiger partial charge in [0.2, 0.25) is 0 Å². The van der Waals surface area contributed by atoms with Crippen LogP contribution in [0.2, 0.25) is 5.02 Å². The van der Waals surface area contributed by atoms with E-state index in [1.54, 1.807) is 31.5 Å². The van der Waals surface area contributed by atoms with Gasteiger partial charge in [-0.05, 0) is 43.5 Å². The number of rotatable bonds is 4. The number of hydrogen-bond donors (Lipinski definition) is 1. The Morgan fingerprint density at radius 2 is 2.00 bits per heavy atom. The fraction of sp³-hybridized carbons (Fsp3) is 0.333. The zero-order valence-corrected chi connectivity index (χ0v) is 14.3. The predicted octanol–water partition coefficient (Wildman–Crippen LogP) is 3.99. The van der Waals surface area contributed by atoms with Crippen molar-refractivity contribution >= 4 is 28.9 Å². The first-order chi connectivity index (χ1) is 11.7. The van der Waals surface area contributed by atoms with Crippen LogP contribution >= 0.6 is 11.6 Å². The highest BCUT2D eigenvalue weighted by Gasteiger charge is 2.14. The van der Waals surface area contributed by atoms with Crippen LogP contribution in [0, 0.1) is 0 Å². The summed E-state index contributed by atoms with van der Waals surface area (Å²) in [5.74, 6) is 0.367. The standard InChI is InChI=1S/C18H20ClN3O2/c1-24-17-6-5-14(10-16(17)19)21-18(23)13-9-15(12-20-11-13)22-7-3-2-4-8-22/h5-6,9-12H,2-4,7-8H2,1H3,(H,21,23). The highest BCUT2D eigenvalue weighted by molar-refractivity contribution is 6.32. The number of piperidine rings is 1. The number of pyridine rings is 1. The normalized spacial score (nSPS) is 14.3. The lowest BCUT2D eigenvalue weighted by atomic mass is 10.1. The number of nitrogens with zero attached hydrogens (tertiary/aromatic N) is 2. The molecule has 6 heteroatoms. The summed E-state index contributed by atoms with van der Waals surface area (Å²) in [7, 11) is 1.55. The molecule has 1 saturated heterocycles. The van der Waals surface area contributed by atoms with Gasteiger partial charge in [-0.15, -0.1) is 0 Å². The monoisotopic (exact) mass is 345 g/mol. The number of benzene rings is 1. The Kier molecular flexibility index (Phi) is 5.20. The Morgan fingerprint density at radius 1 is 1.21 bits per heavy atom. The van der Waals surface area contributed by atoms with E-state index in [4.69, 9.17) is 16.3 Å². The smallest absolute Gasteiger partial charge is 0.257 e. The van der Waals surface area contributed by atoms with Crippen molar-refractivity contribution in [1.29, 1.82) is 0 Å². The van der Waals surface area contributed by atoms with Crippen LogP contribution in [0.4, 0.5) is 11.4 Å². The Hall–Kier alpha value is -2.27. The summed E-state index contributed by atoms with van der Waals surface area (Å²) in [6.07, 6.45) is 7.02. The van der Waals surface area contributed by atoms with Gasteiger partial charge in [0.05, 0.1) is 29.6 Å². The fourth-order valence-corrected chi connectivity index (χ4v) is 3.08. The van der Waals surface area contributed by atoms with Crippen LogP contribution < -0.4 is 15.0 Å². The topological polar surface area (TPSA) is 54.5 Å². The van der Waals surface area contributed by atoms with Crippen molar-refractivity contribution < 1.29 is 9.53 Å². The minimum absolute atomic E-state index is 0.206. The van der Waals surface area contributed by atoms with E-state index in [-0.39, 0.29) is 5.91 Å². The van der Waals surface area contributed by atoms with Gasteiger partial charge in [-0.25, -0.2) is 0 Å². The molecule has 0 radical (unpaired) electrons. The molecule has 1 aliphatic rings. The van der Waals surface area contributed by atoms with Gasteiger partial charge in [0.25, 0.3) is 5.91 Å². The third-order valence-corrected chi connectivity index (χ3v) is 4.41.